The van der Waals surface area contributed by atoms with E-state index in [-0.39, 0.29) is 12.0 Å². The van der Waals surface area contributed by atoms with Crippen molar-refractivity contribution in [2.75, 3.05) is 18.5 Å². The van der Waals surface area contributed by atoms with Crippen molar-refractivity contribution in [3.63, 3.8) is 0 Å². The number of carbonyl (C=O) groups excluding carboxylic acids is 1. The highest BCUT2D eigenvalue weighted by Crippen LogP contribution is 2.35. The minimum Gasteiger partial charge on any atom is -0.491 e. The molecule has 1 aliphatic carbocycles. The summed E-state index contributed by atoms with van der Waals surface area (Å²) in [6, 6.07) is 17.8. The zero-order valence-electron chi connectivity index (χ0n) is 15.7. The van der Waals surface area contributed by atoms with Gasteiger partial charge in [-0.05, 0) is 66.5 Å². The summed E-state index contributed by atoms with van der Waals surface area (Å²) in [4.78, 5) is 12.9. The molecule has 1 unspecified atom stereocenters. The molecule has 3 aromatic rings. The van der Waals surface area contributed by atoms with Crippen molar-refractivity contribution in [1.82, 2.24) is 0 Å². The molecule has 1 aliphatic heterocycles. The molecular weight excluding hydrogens is 350 g/mol. The standard InChI is InChI=1S/C24H23NO3/c26-24(18-5-1-6-19(14-18)28-15-20-7-3-13-27-20)25-22-12-11-17-10-9-16-4-2-8-21(22)23(16)17/h1-2,4-6,8,11-12,14,20H,3,7,9-10,13,15H2,(H,25,26). The topological polar surface area (TPSA) is 47.6 Å². The highest BCUT2D eigenvalue weighted by Gasteiger charge is 2.18. The predicted octanol–water partition coefficient (Wildman–Crippen LogP) is 4.75. The molecule has 0 saturated carbocycles. The molecule has 3 aromatic carbocycles. The van der Waals surface area contributed by atoms with E-state index in [4.69, 9.17) is 9.47 Å². The smallest absolute Gasteiger partial charge is 0.255 e. The van der Waals surface area contributed by atoms with E-state index >= 15 is 0 Å². The van der Waals surface area contributed by atoms with Crippen molar-refractivity contribution in [1.29, 1.82) is 0 Å². The number of aryl methyl sites for hydroxylation is 2. The lowest BCUT2D eigenvalue weighted by molar-refractivity contribution is 0.0679. The summed E-state index contributed by atoms with van der Waals surface area (Å²) in [7, 11) is 0. The number of nitrogens with one attached hydrogen (secondary N) is 1. The van der Waals surface area contributed by atoms with Gasteiger partial charge in [-0.2, -0.15) is 0 Å². The first-order valence-corrected chi connectivity index (χ1v) is 9.97. The van der Waals surface area contributed by atoms with Crippen molar-refractivity contribution in [2.24, 2.45) is 0 Å². The lowest BCUT2D eigenvalue weighted by Gasteiger charge is -2.13. The third-order valence-electron chi connectivity index (χ3n) is 5.68. The fourth-order valence-electron chi connectivity index (χ4n) is 4.24. The minimum absolute atomic E-state index is 0.124. The van der Waals surface area contributed by atoms with Crippen LogP contribution in [0.5, 0.6) is 5.75 Å². The molecule has 0 spiro atoms. The van der Waals surface area contributed by atoms with Crippen molar-refractivity contribution in [2.45, 2.75) is 31.8 Å². The van der Waals surface area contributed by atoms with Gasteiger partial charge in [0.2, 0.25) is 0 Å². The van der Waals surface area contributed by atoms with Crippen molar-refractivity contribution in [3.05, 3.63) is 71.3 Å². The Bertz CT molecular complexity index is 1030. The van der Waals surface area contributed by atoms with E-state index in [1.165, 1.54) is 16.5 Å². The van der Waals surface area contributed by atoms with E-state index in [1.54, 1.807) is 6.07 Å². The van der Waals surface area contributed by atoms with Gasteiger partial charge >= 0.3 is 0 Å². The van der Waals surface area contributed by atoms with Crippen LogP contribution in [0.1, 0.15) is 34.3 Å². The molecule has 0 aromatic heterocycles. The number of anilines is 1. The third-order valence-corrected chi connectivity index (χ3v) is 5.68. The molecule has 1 N–H and O–H groups in total. The molecule has 5 rings (SSSR count). The number of benzene rings is 3. The number of hydrogen-bond acceptors (Lipinski definition) is 3. The van der Waals surface area contributed by atoms with Crippen LogP contribution in [0.15, 0.2) is 54.6 Å². The third kappa shape index (κ3) is 3.25. The maximum atomic E-state index is 12.9. The molecular formula is C24H23NO3. The number of hydrogen-bond donors (Lipinski definition) is 1. The molecule has 0 radical (unpaired) electrons. The molecule has 1 fully saturated rings. The van der Waals surface area contributed by atoms with Gasteiger partial charge < -0.3 is 14.8 Å². The maximum Gasteiger partial charge on any atom is 0.255 e. The Labute approximate surface area is 164 Å². The first kappa shape index (κ1) is 17.3. The predicted molar refractivity (Wildman–Crippen MR) is 110 cm³/mol. The Balaban J connectivity index is 1.35. The SMILES string of the molecule is O=C(Nc1ccc2c3c(cccc13)CC2)c1cccc(OCC2CCCO2)c1. The summed E-state index contributed by atoms with van der Waals surface area (Å²) >= 11 is 0. The summed E-state index contributed by atoms with van der Waals surface area (Å²) in [6.07, 6.45) is 4.43. The summed E-state index contributed by atoms with van der Waals surface area (Å²) in [5, 5.41) is 5.51. The second kappa shape index (κ2) is 7.28. The van der Waals surface area contributed by atoms with Crippen LogP contribution in [0, 0.1) is 0 Å². The monoisotopic (exact) mass is 373 g/mol. The van der Waals surface area contributed by atoms with Gasteiger partial charge in [0.25, 0.3) is 5.91 Å². The quantitative estimate of drug-likeness (QED) is 0.702. The van der Waals surface area contributed by atoms with Crippen molar-refractivity contribution < 1.29 is 14.3 Å². The van der Waals surface area contributed by atoms with Crippen LogP contribution >= 0.6 is 0 Å². The van der Waals surface area contributed by atoms with Crippen LogP contribution in [0.25, 0.3) is 10.8 Å². The molecule has 142 valence electrons. The minimum atomic E-state index is -0.124. The van der Waals surface area contributed by atoms with Gasteiger partial charge in [0.05, 0.1) is 6.10 Å². The second-order valence-corrected chi connectivity index (χ2v) is 7.54. The van der Waals surface area contributed by atoms with Gasteiger partial charge in [-0.3, -0.25) is 4.79 Å². The zero-order chi connectivity index (χ0) is 18.9. The Morgan fingerprint density at radius 2 is 1.93 bits per heavy atom. The molecule has 4 nitrogen and oxygen atoms in total. The summed E-state index contributed by atoms with van der Waals surface area (Å²) in [6.45, 7) is 1.34. The molecule has 1 amide bonds. The van der Waals surface area contributed by atoms with Crippen LogP contribution in [0.4, 0.5) is 5.69 Å². The van der Waals surface area contributed by atoms with E-state index in [1.807, 2.05) is 24.3 Å². The average molecular weight is 373 g/mol. The molecule has 1 atom stereocenters. The molecule has 1 saturated heterocycles. The molecule has 1 heterocycles. The van der Waals surface area contributed by atoms with Gasteiger partial charge in [0, 0.05) is 23.2 Å². The number of amides is 1. The van der Waals surface area contributed by atoms with E-state index in [9.17, 15) is 4.79 Å². The zero-order valence-corrected chi connectivity index (χ0v) is 15.7. The summed E-state index contributed by atoms with van der Waals surface area (Å²) < 4.78 is 11.4. The molecule has 0 bridgehead atoms. The first-order valence-electron chi connectivity index (χ1n) is 9.97. The van der Waals surface area contributed by atoms with Gasteiger partial charge in [-0.15, -0.1) is 0 Å². The van der Waals surface area contributed by atoms with Gasteiger partial charge in [0.15, 0.2) is 0 Å². The fourth-order valence-corrected chi connectivity index (χ4v) is 4.24. The Morgan fingerprint density at radius 3 is 2.79 bits per heavy atom. The number of rotatable bonds is 5. The normalized spacial score (nSPS) is 17.8. The van der Waals surface area contributed by atoms with Crippen molar-refractivity contribution >= 4 is 22.4 Å². The Morgan fingerprint density at radius 1 is 1.07 bits per heavy atom. The van der Waals surface area contributed by atoms with Crippen LogP contribution in [-0.2, 0) is 17.6 Å². The highest BCUT2D eigenvalue weighted by atomic mass is 16.5. The largest absolute Gasteiger partial charge is 0.491 e. The van der Waals surface area contributed by atoms with Gasteiger partial charge in [-0.25, -0.2) is 0 Å². The Hall–Kier alpha value is -2.85. The molecule has 2 aliphatic rings. The lowest BCUT2D eigenvalue weighted by atomic mass is 10.0. The van der Waals surface area contributed by atoms with Crippen LogP contribution in [0.2, 0.25) is 0 Å². The highest BCUT2D eigenvalue weighted by molar-refractivity contribution is 6.10. The van der Waals surface area contributed by atoms with E-state index in [0.29, 0.717) is 17.9 Å². The van der Waals surface area contributed by atoms with Crippen LogP contribution < -0.4 is 10.1 Å². The van der Waals surface area contributed by atoms with E-state index < -0.39 is 0 Å². The average Bonchev–Trinajstić information content (AvgIpc) is 3.40. The van der Waals surface area contributed by atoms with E-state index in [0.717, 1.165) is 43.4 Å². The lowest BCUT2D eigenvalue weighted by Crippen LogP contribution is -2.17. The summed E-state index contributed by atoms with van der Waals surface area (Å²) in [5.41, 5.74) is 4.19. The van der Waals surface area contributed by atoms with E-state index in [2.05, 4.69) is 29.6 Å². The fraction of sp³-hybridized carbons (Fsp3) is 0.292. The van der Waals surface area contributed by atoms with Gasteiger partial charge in [-0.1, -0.05) is 30.3 Å². The molecule has 4 heteroatoms. The summed E-state index contributed by atoms with van der Waals surface area (Å²) in [5.74, 6) is 0.574. The number of carbonyl (C=O) groups is 1. The van der Waals surface area contributed by atoms with Crippen molar-refractivity contribution in [3.8, 4) is 5.75 Å². The Kier molecular flexibility index (Phi) is 4.49. The van der Waals surface area contributed by atoms with Crippen LogP contribution in [0.3, 0.4) is 0 Å². The second-order valence-electron chi connectivity index (χ2n) is 7.54. The van der Waals surface area contributed by atoms with Gasteiger partial charge in [0.1, 0.15) is 12.4 Å². The molecule has 28 heavy (non-hydrogen) atoms. The first-order chi connectivity index (χ1) is 13.8. The van der Waals surface area contributed by atoms with Crippen LogP contribution in [-0.4, -0.2) is 25.2 Å². The maximum absolute atomic E-state index is 12.9. The number of ether oxygens (including phenoxy) is 2.